The molecule has 0 fully saturated rings. The molecule has 0 aliphatic rings. The summed E-state index contributed by atoms with van der Waals surface area (Å²) in [6, 6.07) is 20.8. The van der Waals surface area contributed by atoms with Gasteiger partial charge in [0.15, 0.2) is 0 Å². The average Bonchev–Trinajstić information content (AvgIpc) is 2.96. The minimum absolute atomic E-state index is 0.0262. The number of ether oxygens (including phenoxy) is 1. The van der Waals surface area contributed by atoms with Crippen molar-refractivity contribution in [3.05, 3.63) is 89.4 Å². The van der Waals surface area contributed by atoms with Crippen molar-refractivity contribution in [3.8, 4) is 5.75 Å². The van der Waals surface area contributed by atoms with E-state index in [4.69, 9.17) is 16.3 Å². The largest absolute Gasteiger partial charge is 0.492 e. The summed E-state index contributed by atoms with van der Waals surface area (Å²) in [4.78, 5) is 28.9. The van der Waals surface area contributed by atoms with Crippen molar-refractivity contribution in [1.82, 2.24) is 10.2 Å². The van der Waals surface area contributed by atoms with Crippen molar-refractivity contribution in [1.29, 1.82) is 0 Å². The van der Waals surface area contributed by atoms with Crippen LogP contribution in [0.4, 0.5) is 5.69 Å². The predicted octanol–water partition coefficient (Wildman–Crippen LogP) is 5.51. The third-order valence-corrected chi connectivity index (χ3v) is 8.56. The van der Waals surface area contributed by atoms with Crippen molar-refractivity contribution in [2.75, 3.05) is 24.0 Å². The summed E-state index contributed by atoms with van der Waals surface area (Å²) in [5.74, 6) is -0.330. The van der Waals surface area contributed by atoms with E-state index in [2.05, 4.69) is 5.32 Å². The minimum atomic E-state index is -4.20. The van der Waals surface area contributed by atoms with E-state index in [1.165, 1.54) is 17.0 Å². The highest BCUT2D eigenvalue weighted by Gasteiger charge is 2.35. The van der Waals surface area contributed by atoms with Crippen LogP contribution in [0.5, 0.6) is 5.75 Å². The van der Waals surface area contributed by atoms with Gasteiger partial charge in [-0.15, -0.1) is 0 Å². The predicted molar refractivity (Wildman–Crippen MR) is 163 cm³/mol. The number of carbonyl (C=O) groups excluding carboxylic acids is 2. The van der Waals surface area contributed by atoms with E-state index in [1.807, 2.05) is 20.8 Å². The zero-order valence-electron chi connectivity index (χ0n) is 23.9. The molecule has 2 amide bonds. The van der Waals surface area contributed by atoms with Gasteiger partial charge in [-0.25, -0.2) is 8.42 Å². The third kappa shape index (κ3) is 8.24. The summed E-state index contributed by atoms with van der Waals surface area (Å²) in [5, 5.41) is 3.36. The Hall–Kier alpha value is -3.56. The number of carbonyl (C=O) groups is 2. The van der Waals surface area contributed by atoms with Gasteiger partial charge in [0.2, 0.25) is 11.8 Å². The number of para-hydroxylation sites is 2. The monoisotopic (exact) mass is 599 g/mol. The van der Waals surface area contributed by atoms with Crippen LogP contribution >= 0.6 is 11.6 Å². The normalized spacial score (nSPS) is 12.0. The van der Waals surface area contributed by atoms with Crippen molar-refractivity contribution in [3.63, 3.8) is 0 Å². The highest BCUT2D eigenvalue weighted by Crippen LogP contribution is 2.33. The van der Waals surface area contributed by atoms with Crippen LogP contribution in [0.25, 0.3) is 0 Å². The molecule has 10 heteroatoms. The maximum atomic E-state index is 14.2. The van der Waals surface area contributed by atoms with Gasteiger partial charge in [-0.05, 0) is 55.2 Å². The smallest absolute Gasteiger partial charge is 0.264 e. The van der Waals surface area contributed by atoms with Crippen LogP contribution in [0.1, 0.15) is 39.7 Å². The highest BCUT2D eigenvalue weighted by atomic mass is 35.5. The molecule has 0 radical (unpaired) electrons. The lowest BCUT2D eigenvalue weighted by Crippen LogP contribution is -2.52. The Morgan fingerprint density at radius 3 is 2.20 bits per heavy atom. The van der Waals surface area contributed by atoms with Crippen molar-refractivity contribution in [2.24, 2.45) is 5.92 Å². The van der Waals surface area contributed by atoms with Crippen molar-refractivity contribution < 1.29 is 22.7 Å². The molecule has 220 valence electrons. The van der Waals surface area contributed by atoms with E-state index >= 15 is 0 Å². The SMILES string of the molecule is CCOc1ccccc1N(CC(=O)N(Cc1ccccc1Cl)[C@@H](CC)C(=O)NCC(C)C)S(=O)(=O)c1ccccc1. The molecule has 0 saturated carbocycles. The zero-order chi connectivity index (χ0) is 30.0. The number of sulfonamides is 1. The number of benzene rings is 3. The molecule has 8 nitrogen and oxygen atoms in total. The van der Waals surface area contributed by atoms with Gasteiger partial charge in [0, 0.05) is 18.1 Å². The highest BCUT2D eigenvalue weighted by molar-refractivity contribution is 7.92. The van der Waals surface area contributed by atoms with Crippen molar-refractivity contribution in [2.45, 2.75) is 51.6 Å². The number of anilines is 1. The summed E-state index contributed by atoms with van der Waals surface area (Å²) in [6.45, 7) is 7.79. The molecule has 0 spiro atoms. The van der Waals surface area contributed by atoms with E-state index in [-0.39, 0.29) is 29.0 Å². The number of halogens is 1. The number of nitrogens with zero attached hydrogens (tertiary/aromatic N) is 2. The Morgan fingerprint density at radius 1 is 0.927 bits per heavy atom. The molecule has 3 rings (SSSR count). The lowest BCUT2D eigenvalue weighted by atomic mass is 10.1. The van der Waals surface area contributed by atoms with Gasteiger partial charge in [0.05, 0.1) is 17.2 Å². The van der Waals surface area contributed by atoms with E-state index < -0.39 is 28.5 Å². The fourth-order valence-electron chi connectivity index (χ4n) is 4.33. The molecule has 0 aromatic heterocycles. The van der Waals surface area contributed by atoms with Gasteiger partial charge in [-0.2, -0.15) is 0 Å². The van der Waals surface area contributed by atoms with Gasteiger partial charge >= 0.3 is 0 Å². The fraction of sp³-hybridized carbons (Fsp3) is 0.355. The number of rotatable bonds is 14. The zero-order valence-corrected chi connectivity index (χ0v) is 25.5. The average molecular weight is 600 g/mol. The molecule has 0 saturated heterocycles. The maximum absolute atomic E-state index is 14.2. The van der Waals surface area contributed by atoms with Crippen LogP contribution in [-0.2, 0) is 26.2 Å². The molecule has 1 atom stereocenters. The first-order valence-electron chi connectivity index (χ1n) is 13.7. The van der Waals surface area contributed by atoms with Gasteiger partial charge in [-0.1, -0.05) is 80.9 Å². The molecule has 0 heterocycles. The second-order valence-electron chi connectivity index (χ2n) is 9.90. The fourth-order valence-corrected chi connectivity index (χ4v) is 5.97. The van der Waals surface area contributed by atoms with Crippen LogP contribution in [0.2, 0.25) is 5.02 Å². The van der Waals surface area contributed by atoms with E-state index in [0.29, 0.717) is 35.9 Å². The van der Waals surface area contributed by atoms with Gasteiger partial charge < -0.3 is 15.0 Å². The Balaban J connectivity index is 2.09. The molecular formula is C31H38ClN3O5S. The number of nitrogens with one attached hydrogen (secondary N) is 1. The van der Waals surface area contributed by atoms with Crippen LogP contribution in [0, 0.1) is 5.92 Å². The summed E-state index contributed by atoms with van der Waals surface area (Å²) < 4.78 is 34.8. The molecule has 3 aromatic carbocycles. The molecule has 0 bridgehead atoms. The Labute approximate surface area is 248 Å². The van der Waals surface area contributed by atoms with Crippen molar-refractivity contribution >= 4 is 39.1 Å². The second-order valence-corrected chi connectivity index (χ2v) is 12.2. The molecule has 41 heavy (non-hydrogen) atoms. The van der Waals surface area contributed by atoms with Crippen LogP contribution < -0.4 is 14.4 Å². The Morgan fingerprint density at radius 2 is 1.56 bits per heavy atom. The van der Waals surface area contributed by atoms with Crippen LogP contribution in [0.3, 0.4) is 0 Å². The Bertz CT molecular complexity index is 1420. The van der Waals surface area contributed by atoms with E-state index in [1.54, 1.807) is 73.7 Å². The lowest BCUT2D eigenvalue weighted by molar-refractivity contribution is -0.140. The first kappa shape index (κ1) is 32.0. The van der Waals surface area contributed by atoms with Crippen LogP contribution in [-0.4, -0.2) is 50.9 Å². The molecule has 1 N–H and O–H groups in total. The lowest BCUT2D eigenvalue weighted by Gasteiger charge is -2.33. The Kier molecular flexibility index (Phi) is 11.6. The number of hydrogen-bond donors (Lipinski definition) is 1. The first-order valence-corrected chi connectivity index (χ1v) is 15.5. The maximum Gasteiger partial charge on any atom is 0.264 e. The van der Waals surface area contributed by atoms with E-state index in [0.717, 1.165) is 4.31 Å². The first-order chi connectivity index (χ1) is 19.6. The summed E-state index contributed by atoms with van der Waals surface area (Å²) in [5.41, 5.74) is 0.867. The molecule has 0 unspecified atom stereocenters. The molecular weight excluding hydrogens is 562 g/mol. The number of amides is 2. The topological polar surface area (TPSA) is 96.0 Å². The second kappa shape index (κ2) is 14.9. The quantitative estimate of drug-likeness (QED) is 0.263. The summed E-state index contributed by atoms with van der Waals surface area (Å²) >= 11 is 6.45. The molecule has 0 aliphatic carbocycles. The standard InChI is InChI=1S/C31H38ClN3O5S/c1-5-27(31(37)33-20-23(3)4)34(21-24-14-10-11-17-26(24)32)30(36)22-35(28-18-12-13-19-29(28)40-6-2)41(38,39)25-15-8-7-9-16-25/h7-19,23,27H,5-6,20-22H2,1-4H3,(H,33,37)/t27-/m0/s1. The van der Waals surface area contributed by atoms with E-state index in [9.17, 15) is 18.0 Å². The van der Waals surface area contributed by atoms with Gasteiger partial charge in [0.25, 0.3) is 10.0 Å². The van der Waals surface area contributed by atoms with Gasteiger partial charge in [0.1, 0.15) is 18.3 Å². The molecule has 0 aliphatic heterocycles. The molecule has 3 aromatic rings. The third-order valence-electron chi connectivity index (χ3n) is 6.41. The summed E-state index contributed by atoms with van der Waals surface area (Å²) in [6.07, 6.45) is 0.321. The van der Waals surface area contributed by atoms with Crippen LogP contribution in [0.15, 0.2) is 83.8 Å². The van der Waals surface area contributed by atoms with Gasteiger partial charge in [-0.3, -0.25) is 13.9 Å². The number of hydrogen-bond acceptors (Lipinski definition) is 5. The minimum Gasteiger partial charge on any atom is -0.492 e. The summed E-state index contributed by atoms with van der Waals surface area (Å²) in [7, 11) is -4.20.